The van der Waals surface area contributed by atoms with Crippen LogP contribution in [0.25, 0.3) is 0 Å². The molecule has 216 valence electrons. The summed E-state index contributed by atoms with van der Waals surface area (Å²) in [5.74, 6) is 0.778. The number of aliphatic hydroxyl groups excluding tert-OH is 1. The molecule has 0 amide bonds. The normalized spacial score (nSPS) is 11.2. The summed E-state index contributed by atoms with van der Waals surface area (Å²) in [6.45, 7) is 0.469. The predicted octanol–water partition coefficient (Wildman–Crippen LogP) is 6.22. The van der Waals surface area contributed by atoms with Gasteiger partial charge in [-0.05, 0) is 42.0 Å². The topological polar surface area (TPSA) is 110 Å². The Morgan fingerprint density at radius 1 is 0.900 bits per heavy atom. The zero-order valence-electron chi connectivity index (χ0n) is 22.4. The van der Waals surface area contributed by atoms with E-state index in [9.17, 15) is 9.59 Å². The van der Waals surface area contributed by atoms with Gasteiger partial charge in [-0.25, -0.2) is 9.59 Å². The van der Waals surface area contributed by atoms with Crippen molar-refractivity contribution in [3.05, 3.63) is 85.8 Å². The summed E-state index contributed by atoms with van der Waals surface area (Å²) in [6.07, 6.45) is 0. The van der Waals surface area contributed by atoms with Crippen molar-refractivity contribution in [3.63, 3.8) is 0 Å². The van der Waals surface area contributed by atoms with E-state index in [4.69, 9.17) is 33.5 Å². The molecule has 3 aromatic rings. The van der Waals surface area contributed by atoms with Gasteiger partial charge in [0, 0.05) is 46.5 Å². The molecule has 3 aromatic carbocycles. The zero-order chi connectivity index (χ0) is 29.5. The highest BCUT2D eigenvalue weighted by Crippen LogP contribution is 2.35. The van der Waals surface area contributed by atoms with E-state index in [2.05, 4.69) is 31.9 Å². The minimum Gasteiger partial charge on any atom is -0.467 e. The number of benzene rings is 3. The van der Waals surface area contributed by atoms with Gasteiger partial charge in [0.05, 0.1) is 7.11 Å². The molecule has 0 fully saturated rings. The molecule has 1 aliphatic heterocycles. The lowest BCUT2D eigenvalue weighted by Gasteiger charge is -2.15. The number of aliphatic hydroxyl groups is 1. The number of cyclic esters (lactones) is 1. The highest BCUT2D eigenvalue weighted by Gasteiger charge is 2.28. The van der Waals surface area contributed by atoms with E-state index in [1.807, 2.05) is 42.5 Å². The Kier molecular flexibility index (Phi) is 15.1. The van der Waals surface area contributed by atoms with Gasteiger partial charge in [0.15, 0.2) is 13.6 Å². The molecule has 4 rings (SSSR count). The lowest BCUT2D eigenvalue weighted by Crippen LogP contribution is -2.11. The van der Waals surface area contributed by atoms with Crippen LogP contribution >= 0.6 is 43.6 Å². The number of fused-ring (bicyclic) bond motifs is 1. The Labute approximate surface area is 254 Å². The van der Waals surface area contributed by atoms with Crippen LogP contribution in [0.1, 0.15) is 31.8 Å². The van der Waals surface area contributed by atoms with E-state index in [-0.39, 0.29) is 19.6 Å². The van der Waals surface area contributed by atoms with Gasteiger partial charge in [0.25, 0.3) is 0 Å². The van der Waals surface area contributed by atoms with E-state index in [1.165, 1.54) is 21.3 Å². The number of carbonyl (C=O) groups is 2. The third kappa shape index (κ3) is 9.22. The quantitative estimate of drug-likeness (QED) is 0.149. The average molecular weight is 702 g/mol. The van der Waals surface area contributed by atoms with Gasteiger partial charge in [0.1, 0.15) is 29.2 Å². The monoisotopic (exact) mass is 700 g/mol. The SMILES string of the molecule is CO.COCOc1ccc(Br)c(CSc2ccccc2)c1C(=O)OC.COCOc1ccc(Br)c2c1C(=O)OC2. The third-order valence-corrected chi connectivity index (χ3v) is 7.69. The number of thioether (sulfide) groups is 1. The Hall–Kier alpha value is -2.61. The fraction of sp³-hybridized carbons (Fsp3) is 0.286. The van der Waals surface area contributed by atoms with Crippen molar-refractivity contribution in [1.29, 1.82) is 0 Å². The van der Waals surface area contributed by atoms with Crippen LogP contribution in [0.15, 0.2) is 68.4 Å². The average Bonchev–Trinajstić information content (AvgIpc) is 3.39. The van der Waals surface area contributed by atoms with Crippen molar-refractivity contribution in [2.45, 2.75) is 17.3 Å². The highest BCUT2D eigenvalue weighted by atomic mass is 79.9. The Morgan fingerprint density at radius 3 is 2.12 bits per heavy atom. The number of rotatable bonds is 10. The van der Waals surface area contributed by atoms with Crippen molar-refractivity contribution >= 4 is 55.6 Å². The number of methoxy groups -OCH3 is 3. The van der Waals surface area contributed by atoms with Crippen LogP contribution in [0.2, 0.25) is 0 Å². The fourth-order valence-corrected chi connectivity index (χ4v) is 5.46. The molecular weight excluding hydrogens is 672 g/mol. The van der Waals surface area contributed by atoms with Crippen LogP contribution in [-0.2, 0) is 31.3 Å². The second kappa shape index (κ2) is 17.9. The van der Waals surface area contributed by atoms with Crippen LogP contribution in [0.4, 0.5) is 0 Å². The van der Waals surface area contributed by atoms with Crippen LogP contribution in [0, 0.1) is 0 Å². The van der Waals surface area contributed by atoms with Crippen molar-refractivity contribution < 1.29 is 43.1 Å². The smallest absolute Gasteiger partial charge is 0.342 e. The number of halogens is 2. The molecule has 1 aliphatic rings. The summed E-state index contributed by atoms with van der Waals surface area (Å²) in [4.78, 5) is 24.8. The van der Waals surface area contributed by atoms with Crippen LogP contribution in [0.5, 0.6) is 11.5 Å². The predicted molar refractivity (Wildman–Crippen MR) is 158 cm³/mol. The first kappa shape index (κ1) is 33.6. The number of hydrogen-bond acceptors (Lipinski definition) is 10. The second-order valence-corrected chi connectivity index (χ2v) is 10.3. The number of hydrogen-bond donors (Lipinski definition) is 1. The molecule has 12 heteroatoms. The molecule has 0 saturated carbocycles. The molecule has 0 unspecified atom stereocenters. The molecule has 40 heavy (non-hydrogen) atoms. The molecule has 9 nitrogen and oxygen atoms in total. The summed E-state index contributed by atoms with van der Waals surface area (Å²) < 4.78 is 32.0. The number of carbonyl (C=O) groups excluding carboxylic acids is 2. The van der Waals surface area contributed by atoms with Gasteiger partial charge in [-0.3, -0.25) is 0 Å². The Morgan fingerprint density at radius 2 is 1.50 bits per heavy atom. The van der Waals surface area contributed by atoms with E-state index >= 15 is 0 Å². The standard InChI is InChI=1S/C17H17BrO4S.C10H9BrO4.CH4O/c1-20-11-22-15-9-8-14(18)13(16(15)17(19)21-2)10-23-12-6-4-3-5-7-12;1-13-5-15-8-3-2-7(11)6-4-14-10(12)9(6)8;1-2/h3-9H,10-11H2,1-2H3;2-3H,4-5H2,1H3;2H,1H3. The fourth-order valence-electron chi connectivity index (χ4n) is 3.40. The lowest BCUT2D eigenvalue weighted by molar-refractivity contribution is 0.0454. The zero-order valence-corrected chi connectivity index (χ0v) is 26.4. The molecule has 0 aromatic heterocycles. The van der Waals surface area contributed by atoms with E-state index in [1.54, 1.807) is 23.9 Å². The molecule has 0 atom stereocenters. The van der Waals surface area contributed by atoms with E-state index < -0.39 is 5.97 Å². The van der Waals surface area contributed by atoms with Gasteiger partial charge in [-0.1, -0.05) is 50.1 Å². The van der Waals surface area contributed by atoms with Gasteiger partial charge in [-0.2, -0.15) is 0 Å². The molecule has 0 radical (unpaired) electrons. The van der Waals surface area contributed by atoms with Crippen molar-refractivity contribution in [2.24, 2.45) is 0 Å². The maximum Gasteiger partial charge on any atom is 0.342 e. The largest absolute Gasteiger partial charge is 0.467 e. The third-order valence-electron chi connectivity index (χ3n) is 5.17. The summed E-state index contributed by atoms with van der Waals surface area (Å²) in [5, 5.41) is 7.00. The Bertz CT molecular complexity index is 1260. The minimum atomic E-state index is -0.430. The number of ether oxygens (including phenoxy) is 6. The van der Waals surface area contributed by atoms with E-state index in [0.717, 1.165) is 32.1 Å². The van der Waals surface area contributed by atoms with Crippen LogP contribution < -0.4 is 9.47 Å². The molecule has 0 bridgehead atoms. The molecule has 1 heterocycles. The highest BCUT2D eigenvalue weighted by molar-refractivity contribution is 9.10. The summed E-state index contributed by atoms with van der Waals surface area (Å²) in [6, 6.07) is 17.1. The lowest BCUT2D eigenvalue weighted by atomic mass is 10.1. The van der Waals surface area contributed by atoms with Crippen LogP contribution in [-0.4, -0.2) is 59.1 Å². The van der Waals surface area contributed by atoms with Crippen molar-refractivity contribution in [1.82, 2.24) is 0 Å². The van der Waals surface area contributed by atoms with Gasteiger partial charge < -0.3 is 33.5 Å². The van der Waals surface area contributed by atoms with Gasteiger partial charge >= 0.3 is 11.9 Å². The summed E-state index contributed by atoms with van der Waals surface area (Å²) >= 11 is 8.51. The molecule has 0 saturated heterocycles. The molecule has 0 spiro atoms. The van der Waals surface area contributed by atoms with E-state index in [0.29, 0.717) is 35.0 Å². The first-order valence-electron chi connectivity index (χ1n) is 11.7. The second-order valence-electron chi connectivity index (χ2n) is 7.57. The summed E-state index contributed by atoms with van der Waals surface area (Å²) in [5.41, 5.74) is 2.57. The maximum absolute atomic E-state index is 12.2. The molecular formula is C28H30Br2O9S. The first-order chi connectivity index (χ1) is 19.4. The molecule has 0 aliphatic carbocycles. The van der Waals surface area contributed by atoms with Gasteiger partial charge in [0.2, 0.25) is 0 Å². The van der Waals surface area contributed by atoms with Crippen LogP contribution in [0.3, 0.4) is 0 Å². The first-order valence-corrected chi connectivity index (χ1v) is 14.2. The maximum atomic E-state index is 12.2. The van der Waals surface area contributed by atoms with Gasteiger partial charge in [-0.15, -0.1) is 11.8 Å². The summed E-state index contributed by atoms with van der Waals surface area (Å²) in [7, 11) is 5.41. The van der Waals surface area contributed by atoms with Crippen molar-refractivity contribution in [3.8, 4) is 11.5 Å². The minimum absolute atomic E-state index is 0.0664. The number of esters is 2. The molecule has 1 N–H and O–H groups in total. The van der Waals surface area contributed by atoms with Crippen molar-refractivity contribution in [2.75, 3.05) is 42.0 Å². The Balaban J connectivity index is 0.000000284.